The first-order valence-corrected chi connectivity index (χ1v) is 15.5. The maximum absolute atomic E-state index is 12.4. The lowest BCUT2D eigenvalue weighted by Crippen LogP contribution is -2.45. The monoisotopic (exact) mass is 566 g/mol. The molecule has 230 valence electrons. The van der Waals surface area contributed by atoms with E-state index in [0.29, 0.717) is 19.8 Å². The molecule has 40 heavy (non-hydrogen) atoms. The second-order valence-corrected chi connectivity index (χ2v) is 10.1. The number of carboxylic acid groups (broad SMARTS) is 1. The summed E-state index contributed by atoms with van der Waals surface area (Å²) in [6.45, 7) is 7.85. The summed E-state index contributed by atoms with van der Waals surface area (Å²) in [6, 6.07) is 5.97. The van der Waals surface area contributed by atoms with E-state index in [1.165, 1.54) is 76.3 Å². The van der Waals surface area contributed by atoms with Crippen LogP contribution in [0, 0.1) is 0 Å². The Morgan fingerprint density at radius 2 is 1.15 bits per heavy atom. The van der Waals surface area contributed by atoms with Crippen LogP contribution in [-0.4, -0.2) is 62.7 Å². The zero-order valence-electron chi connectivity index (χ0n) is 25.3. The molecule has 0 spiro atoms. The highest BCUT2D eigenvalue weighted by atomic mass is 16.9. The molecule has 0 aliphatic rings. The van der Waals surface area contributed by atoms with Gasteiger partial charge in [0.25, 0.3) is 0 Å². The van der Waals surface area contributed by atoms with Crippen molar-refractivity contribution in [2.45, 2.75) is 117 Å². The number of aromatic carboxylic acids is 1. The lowest BCUT2D eigenvalue weighted by atomic mass is 10.1. The topological polar surface area (TPSA) is 101 Å². The van der Waals surface area contributed by atoms with Crippen molar-refractivity contribution in [1.82, 2.24) is 0 Å². The number of rotatable bonds is 27. The van der Waals surface area contributed by atoms with Crippen LogP contribution in [-0.2, 0) is 23.7 Å². The summed E-state index contributed by atoms with van der Waals surface area (Å²) < 4.78 is 29.3. The molecule has 1 N–H and O–H groups in total. The summed E-state index contributed by atoms with van der Waals surface area (Å²) in [5.74, 6) is -3.19. The highest BCUT2D eigenvalue weighted by Crippen LogP contribution is 2.20. The van der Waals surface area contributed by atoms with Gasteiger partial charge >= 0.3 is 17.9 Å². The fourth-order valence-electron chi connectivity index (χ4n) is 4.36. The third-order valence-electron chi connectivity index (χ3n) is 6.62. The molecule has 0 heterocycles. The molecule has 8 nitrogen and oxygen atoms in total. The average Bonchev–Trinajstić information content (AvgIpc) is 2.95. The van der Waals surface area contributed by atoms with Gasteiger partial charge in [0.05, 0.1) is 30.9 Å². The number of ether oxygens (including phenoxy) is 5. The maximum Gasteiger partial charge on any atom is 0.339 e. The van der Waals surface area contributed by atoms with E-state index < -0.39 is 17.9 Å². The van der Waals surface area contributed by atoms with Crippen LogP contribution in [0.4, 0.5) is 0 Å². The molecule has 1 aromatic rings. The van der Waals surface area contributed by atoms with Crippen molar-refractivity contribution in [3.05, 3.63) is 35.4 Å². The first kappa shape index (κ1) is 36.0. The molecule has 8 heteroatoms. The minimum absolute atomic E-state index is 0.00900. The van der Waals surface area contributed by atoms with E-state index in [9.17, 15) is 14.7 Å². The Balaban J connectivity index is 2.56. The van der Waals surface area contributed by atoms with Crippen molar-refractivity contribution in [3.8, 4) is 0 Å². The molecule has 0 aliphatic carbocycles. The van der Waals surface area contributed by atoms with Crippen LogP contribution in [0.15, 0.2) is 24.3 Å². The van der Waals surface area contributed by atoms with Crippen LogP contribution < -0.4 is 0 Å². The van der Waals surface area contributed by atoms with E-state index in [0.717, 1.165) is 25.7 Å². The molecule has 0 radical (unpaired) electrons. The Hall–Kier alpha value is -2.00. The Morgan fingerprint density at radius 1 is 0.650 bits per heavy atom. The lowest BCUT2D eigenvalue weighted by Gasteiger charge is -2.32. The molecule has 1 aromatic carbocycles. The van der Waals surface area contributed by atoms with Gasteiger partial charge in [0.1, 0.15) is 13.2 Å². The smallest absolute Gasteiger partial charge is 0.339 e. The zero-order valence-corrected chi connectivity index (χ0v) is 25.3. The minimum atomic E-state index is -1.31. The fourth-order valence-corrected chi connectivity index (χ4v) is 4.36. The predicted molar refractivity (Wildman–Crippen MR) is 157 cm³/mol. The number of hydrogen-bond acceptors (Lipinski definition) is 7. The number of esters is 1. The Kier molecular flexibility index (Phi) is 21.3. The molecule has 0 unspecified atom stereocenters. The normalized spacial score (nSPS) is 11.6. The third kappa shape index (κ3) is 16.3. The molecule has 0 aliphatic heterocycles. The molecule has 0 fully saturated rings. The number of carboxylic acids is 1. The summed E-state index contributed by atoms with van der Waals surface area (Å²) in [6.07, 6.45) is 16.5. The molecule has 0 saturated carbocycles. The van der Waals surface area contributed by atoms with E-state index in [1.807, 2.05) is 6.92 Å². The SMILES string of the molecule is CCCCCCCCCOC(COCCOC(=O)c1ccccc1C(=O)O)(OCC)OCCCCCCCCC. The molecule has 0 aromatic heterocycles. The zero-order chi connectivity index (χ0) is 29.3. The lowest BCUT2D eigenvalue weighted by molar-refractivity contribution is -0.394. The van der Waals surface area contributed by atoms with Crippen LogP contribution in [0.2, 0.25) is 0 Å². The molecule has 0 atom stereocenters. The van der Waals surface area contributed by atoms with E-state index in [4.69, 9.17) is 23.7 Å². The molecule has 0 saturated heterocycles. The first-order chi connectivity index (χ1) is 19.5. The van der Waals surface area contributed by atoms with Gasteiger partial charge < -0.3 is 28.8 Å². The summed E-state index contributed by atoms with van der Waals surface area (Å²) >= 11 is 0. The standard InChI is InChI=1S/C32H54O8/c1-4-7-9-11-13-15-19-23-39-32(38-6-3,40-24-20-16-14-12-10-8-5-2)27-36-25-26-37-31(35)29-22-18-17-21-28(29)30(33)34/h17-18,21-22H,4-16,19-20,23-27H2,1-3H3,(H,33,34). The number of benzene rings is 1. The highest BCUT2D eigenvalue weighted by molar-refractivity contribution is 6.02. The van der Waals surface area contributed by atoms with E-state index in [1.54, 1.807) is 12.1 Å². The summed E-state index contributed by atoms with van der Waals surface area (Å²) in [4.78, 5) is 23.8. The van der Waals surface area contributed by atoms with Gasteiger partial charge in [0.2, 0.25) is 0 Å². The Labute approximate surface area is 242 Å². The van der Waals surface area contributed by atoms with Gasteiger partial charge in [-0.25, -0.2) is 9.59 Å². The van der Waals surface area contributed by atoms with Gasteiger partial charge in [0, 0.05) is 6.61 Å². The van der Waals surface area contributed by atoms with Crippen molar-refractivity contribution in [3.63, 3.8) is 0 Å². The van der Waals surface area contributed by atoms with Crippen molar-refractivity contribution in [1.29, 1.82) is 0 Å². The average molecular weight is 567 g/mol. The van der Waals surface area contributed by atoms with Crippen LogP contribution in [0.5, 0.6) is 0 Å². The molecular weight excluding hydrogens is 512 g/mol. The largest absolute Gasteiger partial charge is 0.478 e. The van der Waals surface area contributed by atoms with Gasteiger partial charge in [-0.2, -0.15) is 0 Å². The van der Waals surface area contributed by atoms with Crippen LogP contribution in [0.25, 0.3) is 0 Å². The van der Waals surface area contributed by atoms with Gasteiger partial charge in [-0.1, -0.05) is 103 Å². The fraction of sp³-hybridized carbons (Fsp3) is 0.750. The highest BCUT2D eigenvalue weighted by Gasteiger charge is 2.34. The Bertz CT molecular complexity index is 762. The number of unbranched alkanes of at least 4 members (excludes halogenated alkanes) is 12. The Morgan fingerprint density at radius 3 is 1.65 bits per heavy atom. The van der Waals surface area contributed by atoms with Crippen molar-refractivity contribution >= 4 is 11.9 Å². The molecule has 0 amide bonds. The predicted octanol–water partition coefficient (Wildman–Crippen LogP) is 7.78. The van der Waals surface area contributed by atoms with Crippen molar-refractivity contribution in [2.75, 3.05) is 39.6 Å². The maximum atomic E-state index is 12.4. The van der Waals surface area contributed by atoms with Gasteiger partial charge in [-0.3, -0.25) is 0 Å². The summed E-state index contributed by atoms with van der Waals surface area (Å²) in [7, 11) is 0. The molecule has 1 rings (SSSR count). The summed E-state index contributed by atoms with van der Waals surface area (Å²) in [5, 5.41) is 9.30. The number of carbonyl (C=O) groups is 2. The second-order valence-electron chi connectivity index (χ2n) is 10.1. The van der Waals surface area contributed by atoms with E-state index in [2.05, 4.69) is 13.8 Å². The molecular formula is C32H54O8. The number of hydrogen-bond donors (Lipinski definition) is 1. The van der Waals surface area contributed by atoms with Crippen molar-refractivity contribution in [2.24, 2.45) is 0 Å². The van der Waals surface area contributed by atoms with Crippen molar-refractivity contribution < 1.29 is 38.4 Å². The van der Waals surface area contributed by atoms with Crippen LogP contribution >= 0.6 is 0 Å². The van der Waals surface area contributed by atoms with Crippen LogP contribution in [0.3, 0.4) is 0 Å². The third-order valence-corrected chi connectivity index (χ3v) is 6.62. The van der Waals surface area contributed by atoms with Gasteiger partial charge in [-0.15, -0.1) is 0 Å². The van der Waals surface area contributed by atoms with Crippen LogP contribution in [0.1, 0.15) is 131 Å². The van der Waals surface area contributed by atoms with Gasteiger partial charge in [-0.05, 0) is 31.9 Å². The number of carbonyl (C=O) groups excluding carboxylic acids is 1. The summed E-state index contributed by atoms with van der Waals surface area (Å²) in [5.41, 5.74) is -0.0870. The van der Waals surface area contributed by atoms with E-state index in [-0.39, 0.29) is 30.9 Å². The van der Waals surface area contributed by atoms with Gasteiger partial charge in [0.15, 0.2) is 0 Å². The molecule has 0 bridgehead atoms. The minimum Gasteiger partial charge on any atom is -0.478 e. The quantitative estimate of drug-likeness (QED) is 0.0654. The van der Waals surface area contributed by atoms with E-state index >= 15 is 0 Å². The first-order valence-electron chi connectivity index (χ1n) is 15.5. The second kappa shape index (κ2) is 23.7.